The van der Waals surface area contributed by atoms with Crippen molar-refractivity contribution in [2.45, 2.75) is 107 Å². The smallest absolute Gasteiger partial charge is 0.768 e. The molecule has 0 radical (unpaired) electrons. The number of amides is 2. The number of unbranched alkanes of at least 4 members (excludes halogenated alkanes) is 3. The van der Waals surface area contributed by atoms with Crippen LogP contribution in [-0.2, 0) is 48.0 Å². The number of allylic oxidation sites excluding steroid dienone is 8. The summed E-state index contributed by atoms with van der Waals surface area (Å²) in [5, 5.41) is 7.26. The van der Waals surface area contributed by atoms with Crippen LogP contribution in [0.5, 0.6) is 5.75 Å². The van der Waals surface area contributed by atoms with Crippen LogP contribution in [0, 0.1) is 6.92 Å². The first kappa shape index (κ1) is 60.4. The zero-order chi connectivity index (χ0) is 54.2. The summed E-state index contributed by atoms with van der Waals surface area (Å²) < 4.78 is 68.9. The number of carbonyl (C=O) groups excluding carboxylic acids is 3. The topological polar surface area (TPSA) is 193 Å². The predicted octanol–water partition coefficient (Wildman–Crippen LogP) is 7.01. The number of aromatic nitrogens is 1. The number of hydrogen-bond acceptors (Lipinski definition) is 10. The van der Waals surface area contributed by atoms with Crippen LogP contribution >= 0.6 is 11.6 Å². The molecule has 2 amide bonds. The first-order valence-electron chi connectivity index (χ1n) is 25.2. The first-order chi connectivity index (χ1) is 35.7. The minimum absolute atomic E-state index is 0. The summed E-state index contributed by atoms with van der Waals surface area (Å²) >= 11 is 3.75. The molecule has 4 aromatic carbocycles. The molecule has 0 fully saturated rings. The van der Waals surface area contributed by atoms with Gasteiger partial charge in [-0.15, -0.1) is 0 Å². The van der Waals surface area contributed by atoms with E-state index in [4.69, 9.17) is 16.3 Å². The summed E-state index contributed by atoms with van der Waals surface area (Å²) in [6, 6.07) is 21.9. The Morgan fingerprint density at radius 1 is 0.816 bits per heavy atom. The van der Waals surface area contributed by atoms with E-state index in [0.717, 1.165) is 64.2 Å². The van der Waals surface area contributed by atoms with E-state index in [0.29, 0.717) is 72.9 Å². The van der Waals surface area contributed by atoms with Crippen molar-refractivity contribution in [1.82, 2.24) is 15.2 Å². The third-order valence-corrected chi connectivity index (χ3v) is 15.9. The van der Waals surface area contributed by atoms with Crippen molar-refractivity contribution in [3.8, 4) is 5.75 Å². The number of fused-ring (bicyclic) bond motifs is 3. The van der Waals surface area contributed by atoms with Gasteiger partial charge in [-0.2, -0.15) is 4.58 Å². The van der Waals surface area contributed by atoms with Gasteiger partial charge in [-0.1, -0.05) is 55.8 Å². The Hall–Kier alpha value is -4.79. The van der Waals surface area contributed by atoms with Crippen LogP contribution in [0.2, 0.25) is 5.02 Å². The second-order valence-corrected chi connectivity index (χ2v) is 22.5. The Kier molecular flexibility index (Phi) is 20.9. The van der Waals surface area contributed by atoms with Crippen molar-refractivity contribution in [1.29, 1.82) is 0 Å². The molecule has 5 aromatic rings. The van der Waals surface area contributed by atoms with E-state index in [9.17, 15) is 36.1 Å². The summed E-state index contributed by atoms with van der Waals surface area (Å²) in [6.07, 6.45) is 17.7. The number of rotatable bonds is 22. The van der Waals surface area contributed by atoms with Gasteiger partial charge in [0.25, 0.3) is 5.91 Å². The molecule has 0 bridgehead atoms. The molecule has 396 valence electrons. The molecule has 0 aliphatic carbocycles. The maximum absolute atomic E-state index is 13.7. The van der Waals surface area contributed by atoms with Crippen molar-refractivity contribution in [2.75, 3.05) is 38.2 Å². The normalized spacial score (nSPS) is 15.7. The first-order valence-corrected chi connectivity index (χ1v) is 28.1. The quantitative estimate of drug-likeness (QED) is 0.0182. The van der Waals surface area contributed by atoms with E-state index in [2.05, 4.69) is 47.0 Å². The molecule has 2 N–H and O–H groups in total. The minimum atomic E-state index is -4.67. The van der Waals surface area contributed by atoms with Gasteiger partial charge in [0.2, 0.25) is 17.5 Å². The average Bonchev–Trinajstić information content (AvgIpc) is 3.88. The maximum Gasteiger partial charge on any atom is 1.00 e. The fourth-order valence-corrected chi connectivity index (χ4v) is 11.2. The number of nitrogens with one attached hydrogen (secondary N) is 2. The number of anilines is 1. The van der Waals surface area contributed by atoms with E-state index in [1.165, 1.54) is 12.1 Å². The molecule has 0 saturated heterocycles. The van der Waals surface area contributed by atoms with Crippen LogP contribution in [0.3, 0.4) is 0 Å². The Bertz CT molecular complexity index is 3300. The van der Waals surface area contributed by atoms with Gasteiger partial charge >= 0.3 is 51.4 Å². The zero-order valence-corrected chi connectivity index (χ0v) is 50.0. The van der Waals surface area contributed by atoms with Gasteiger partial charge in [0.15, 0.2) is 5.71 Å². The van der Waals surface area contributed by atoms with Crippen LogP contribution in [-0.4, -0.2) is 87.6 Å². The van der Waals surface area contributed by atoms with Crippen molar-refractivity contribution < 1.29 is 96.8 Å². The second-order valence-electron chi connectivity index (χ2n) is 19.7. The molecule has 1 aromatic heterocycles. The Balaban J connectivity index is 0.00000937. The maximum atomic E-state index is 13.7. The summed E-state index contributed by atoms with van der Waals surface area (Å²) in [5.74, 6) is 0.157. The summed E-state index contributed by atoms with van der Waals surface area (Å²) in [5.41, 5.74) is 7.03. The molecule has 0 saturated carbocycles. The number of carbonyl (C=O) groups is 3. The van der Waals surface area contributed by atoms with Gasteiger partial charge in [0.1, 0.15) is 22.4 Å². The van der Waals surface area contributed by atoms with Gasteiger partial charge in [0.05, 0.1) is 29.4 Å². The molecular formula is C58H65ClKN5O9S2. The fourth-order valence-electron chi connectivity index (χ4n) is 10.2. The second kappa shape index (κ2) is 26.2. The molecular weight excluding hydrogens is 1050 g/mol. The average molecular weight is 1110 g/mol. The Morgan fingerprint density at radius 2 is 1.50 bits per heavy atom. The summed E-state index contributed by atoms with van der Waals surface area (Å²) in [6.45, 7) is 14.3. The van der Waals surface area contributed by atoms with Crippen molar-refractivity contribution >= 4 is 78.5 Å². The fraction of sp³-hybridized carbons (Fsp3) is 0.345. The van der Waals surface area contributed by atoms with Gasteiger partial charge in [-0.3, -0.25) is 23.2 Å². The molecule has 18 heteroatoms. The monoisotopic (exact) mass is 1110 g/mol. The number of nitrogens with zero attached hydrogens (tertiary/aromatic N) is 3. The van der Waals surface area contributed by atoms with Crippen LogP contribution < -0.4 is 71.7 Å². The Labute approximate surface area is 496 Å². The van der Waals surface area contributed by atoms with Crippen LogP contribution in [0.25, 0.3) is 10.9 Å². The van der Waals surface area contributed by atoms with E-state index < -0.39 is 32.0 Å². The molecule has 2 aliphatic rings. The van der Waals surface area contributed by atoms with Gasteiger partial charge in [-0.25, -0.2) is 8.42 Å². The SMILES string of the molecule is CCN1/C(=C/C=C/C=C/C=C/C2=[N+](CCCCCC(=O)NCCCCNC(=O)Cc3c(C)n(C(=O)c4ccc(Cl)cc4)c4ccc(OC)cc34)c3ccc(S(=O)(=O)[O-])cc3C2(C)C)C(C)(C)c2cc(S(=O)[O-])ccc21.[K+]. The number of ether oxygens (including phenoxy) is 1. The molecule has 3 heterocycles. The molecule has 7 rings (SSSR count). The van der Waals surface area contributed by atoms with Crippen molar-refractivity contribution in [3.05, 3.63) is 160 Å². The van der Waals surface area contributed by atoms with Gasteiger partial charge in [0, 0.05) is 93.5 Å². The largest absolute Gasteiger partial charge is 1.00 e. The van der Waals surface area contributed by atoms with Gasteiger partial charge < -0.3 is 29.4 Å². The predicted molar refractivity (Wildman–Crippen MR) is 294 cm³/mol. The number of halogens is 1. The van der Waals surface area contributed by atoms with Crippen molar-refractivity contribution in [3.63, 3.8) is 0 Å². The molecule has 76 heavy (non-hydrogen) atoms. The molecule has 1 unspecified atom stereocenters. The zero-order valence-electron chi connectivity index (χ0n) is 44.5. The van der Waals surface area contributed by atoms with Crippen LogP contribution in [0.1, 0.15) is 106 Å². The van der Waals surface area contributed by atoms with Crippen LogP contribution in [0.15, 0.2) is 137 Å². The van der Waals surface area contributed by atoms with Gasteiger partial charge in [-0.05, 0) is 154 Å². The minimum Gasteiger partial charge on any atom is -0.768 e. The third-order valence-electron chi connectivity index (χ3n) is 14.2. The number of hydrogen-bond donors (Lipinski definition) is 2. The molecule has 1 atom stereocenters. The third kappa shape index (κ3) is 13.7. The summed E-state index contributed by atoms with van der Waals surface area (Å²) in [4.78, 5) is 41.9. The molecule has 2 aliphatic heterocycles. The molecule has 14 nitrogen and oxygen atoms in total. The van der Waals surface area contributed by atoms with Crippen molar-refractivity contribution in [2.24, 2.45) is 0 Å². The standard InChI is InChI=1S/C58H66ClN5O9S2.K/c1-8-62-50-30-27-43(74(68)69)36-47(50)57(3,4)52(62)19-13-10-9-11-14-20-53-58(5,6)48-37-44(75(70,71)72)28-31-51(48)63(53)34-18-12-15-21-54(65)60-32-16-17-33-61-55(66)38-45-39(2)64(49-29-26-42(73-7)35-46(45)49)56(67)40-22-24-41(59)25-23-40;/h9-11,13-14,19-20,22-31,35-37H,8,12,15-18,21,32-34,38H2,1-7H3,(H3-,60,61,65,66,68,69,70,71,72);/q;+1/p-1. The number of likely N-dealkylation sites (N-methyl/N-ethyl adjacent to an activating group) is 1. The van der Waals surface area contributed by atoms with E-state index in [1.54, 1.807) is 60.2 Å². The number of methoxy groups -OCH3 is 1. The van der Waals surface area contributed by atoms with E-state index in [1.807, 2.05) is 75.4 Å². The molecule has 0 spiro atoms. The Morgan fingerprint density at radius 3 is 2.17 bits per heavy atom. The summed E-state index contributed by atoms with van der Waals surface area (Å²) in [7, 11) is -3.10. The van der Waals surface area contributed by atoms with Crippen LogP contribution in [0.4, 0.5) is 11.4 Å². The van der Waals surface area contributed by atoms with E-state index in [-0.39, 0.29) is 85.3 Å². The van der Waals surface area contributed by atoms with E-state index >= 15 is 0 Å². The number of benzene rings is 4.